The first-order valence-corrected chi connectivity index (χ1v) is 6.65. The molecule has 1 aromatic heterocycles. The molecule has 0 aliphatic carbocycles. The number of amides is 1. The van der Waals surface area contributed by atoms with Crippen LogP contribution in [0.25, 0.3) is 10.9 Å². The SMILES string of the molecule is CCNC(=O)CNCc1c(C)c2ccccc2n1C. The molecule has 0 aliphatic heterocycles. The molecule has 102 valence electrons. The number of benzene rings is 1. The summed E-state index contributed by atoms with van der Waals surface area (Å²) in [6, 6.07) is 8.36. The molecule has 0 fully saturated rings. The van der Waals surface area contributed by atoms with Gasteiger partial charge in [-0.15, -0.1) is 0 Å². The maximum atomic E-state index is 11.4. The fourth-order valence-corrected chi connectivity index (χ4v) is 2.44. The van der Waals surface area contributed by atoms with Crippen molar-refractivity contribution in [1.29, 1.82) is 0 Å². The number of aryl methyl sites for hydroxylation is 2. The summed E-state index contributed by atoms with van der Waals surface area (Å²) in [6.45, 7) is 5.79. The number of hydrogen-bond donors (Lipinski definition) is 2. The Morgan fingerprint density at radius 1 is 1.32 bits per heavy atom. The van der Waals surface area contributed by atoms with Crippen LogP contribution in [0.5, 0.6) is 0 Å². The van der Waals surface area contributed by atoms with Crippen LogP contribution in [-0.4, -0.2) is 23.6 Å². The highest BCUT2D eigenvalue weighted by atomic mass is 16.1. The van der Waals surface area contributed by atoms with E-state index >= 15 is 0 Å². The van der Waals surface area contributed by atoms with Crippen molar-refractivity contribution in [3.8, 4) is 0 Å². The predicted molar refractivity (Wildman–Crippen MR) is 78.0 cm³/mol. The molecule has 2 rings (SSSR count). The molecule has 0 spiro atoms. The highest BCUT2D eigenvalue weighted by Crippen LogP contribution is 2.23. The molecule has 0 atom stereocenters. The monoisotopic (exact) mass is 259 g/mol. The Kier molecular flexibility index (Phi) is 4.22. The molecule has 0 saturated carbocycles. The largest absolute Gasteiger partial charge is 0.355 e. The van der Waals surface area contributed by atoms with Crippen molar-refractivity contribution in [3.63, 3.8) is 0 Å². The second kappa shape index (κ2) is 5.89. The van der Waals surface area contributed by atoms with Gasteiger partial charge in [-0.2, -0.15) is 0 Å². The number of rotatable bonds is 5. The number of nitrogens with one attached hydrogen (secondary N) is 2. The summed E-state index contributed by atoms with van der Waals surface area (Å²) in [5.41, 5.74) is 3.74. The van der Waals surface area contributed by atoms with E-state index in [-0.39, 0.29) is 5.91 Å². The standard InChI is InChI=1S/C15H21N3O/c1-4-17-15(19)10-16-9-14-11(2)12-7-5-6-8-13(12)18(14)3/h5-8,16H,4,9-10H2,1-3H3,(H,17,19). The number of aromatic nitrogens is 1. The lowest BCUT2D eigenvalue weighted by molar-refractivity contribution is -0.120. The van der Waals surface area contributed by atoms with E-state index in [0.717, 1.165) is 0 Å². The number of carbonyl (C=O) groups is 1. The van der Waals surface area contributed by atoms with Gasteiger partial charge in [0.05, 0.1) is 6.54 Å². The van der Waals surface area contributed by atoms with Gasteiger partial charge in [-0.3, -0.25) is 4.79 Å². The van der Waals surface area contributed by atoms with Gasteiger partial charge in [0.15, 0.2) is 0 Å². The van der Waals surface area contributed by atoms with Gasteiger partial charge < -0.3 is 15.2 Å². The Labute approximate surface area is 113 Å². The summed E-state index contributed by atoms with van der Waals surface area (Å²) in [7, 11) is 2.07. The molecule has 1 heterocycles. The van der Waals surface area contributed by atoms with Gasteiger partial charge in [-0.25, -0.2) is 0 Å². The highest BCUT2D eigenvalue weighted by Gasteiger charge is 2.10. The second-order valence-corrected chi connectivity index (χ2v) is 4.70. The van der Waals surface area contributed by atoms with Crippen molar-refractivity contribution < 1.29 is 4.79 Å². The van der Waals surface area contributed by atoms with Crippen molar-refractivity contribution in [1.82, 2.24) is 15.2 Å². The van der Waals surface area contributed by atoms with Crippen molar-refractivity contribution in [2.24, 2.45) is 7.05 Å². The first-order chi connectivity index (χ1) is 9.15. The van der Waals surface area contributed by atoms with Crippen LogP contribution in [0, 0.1) is 6.92 Å². The van der Waals surface area contributed by atoms with Crippen LogP contribution < -0.4 is 10.6 Å². The van der Waals surface area contributed by atoms with Crippen LogP contribution in [0.4, 0.5) is 0 Å². The summed E-state index contributed by atoms with van der Waals surface area (Å²) >= 11 is 0. The number of nitrogens with zero attached hydrogens (tertiary/aromatic N) is 1. The van der Waals surface area contributed by atoms with Gasteiger partial charge in [0, 0.05) is 36.7 Å². The summed E-state index contributed by atoms with van der Waals surface area (Å²) in [5.74, 6) is 0.0407. The molecule has 0 unspecified atom stereocenters. The predicted octanol–water partition coefficient (Wildman–Crippen LogP) is 1.71. The normalized spacial score (nSPS) is 10.9. The van der Waals surface area contributed by atoms with Gasteiger partial charge in [0.25, 0.3) is 0 Å². The average Bonchev–Trinajstić information content (AvgIpc) is 2.65. The summed E-state index contributed by atoms with van der Waals surface area (Å²) < 4.78 is 2.19. The molecule has 0 radical (unpaired) electrons. The van der Waals surface area contributed by atoms with Crippen LogP contribution in [0.1, 0.15) is 18.2 Å². The van der Waals surface area contributed by atoms with Gasteiger partial charge in [0.1, 0.15) is 0 Å². The smallest absolute Gasteiger partial charge is 0.233 e. The maximum Gasteiger partial charge on any atom is 0.233 e. The summed E-state index contributed by atoms with van der Waals surface area (Å²) in [6.07, 6.45) is 0. The zero-order chi connectivity index (χ0) is 13.8. The van der Waals surface area contributed by atoms with E-state index in [2.05, 4.69) is 47.4 Å². The van der Waals surface area contributed by atoms with Crippen LogP contribution in [0.15, 0.2) is 24.3 Å². The number of fused-ring (bicyclic) bond motifs is 1. The molecule has 4 nitrogen and oxygen atoms in total. The minimum Gasteiger partial charge on any atom is -0.355 e. The Balaban J connectivity index is 2.11. The highest BCUT2D eigenvalue weighted by molar-refractivity contribution is 5.85. The van der Waals surface area contributed by atoms with Gasteiger partial charge in [-0.1, -0.05) is 18.2 Å². The van der Waals surface area contributed by atoms with Crippen molar-refractivity contribution in [3.05, 3.63) is 35.5 Å². The van der Waals surface area contributed by atoms with E-state index < -0.39 is 0 Å². The number of para-hydroxylation sites is 1. The molecule has 4 heteroatoms. The zero-order valence-corrected chi connectivity index (χ0v) is 11.8. The molecular weight excluding hydrogens is 238 g/mol. The maximum absolute atomic E-state index is 11.4. The number of likely N-dealkylation sites (N-methyl/N-ethyl adjacent to an activating group) is 1. The lowest BCUT2D eigenvalue weighted by Crippen LogP contribution is -2.33. The van der Waals surface area contributed by atoms with E-state index in [1.807, 2.05) is 13.0 Å². The van der Waals surface area contributed by atoms with Crippen molar-refractivity contribution in [2.45, 2.75) is 20.4 Å². The zero-order valence-electron chi connectivity index (χ0n) is 11.8. The molecule has 19 heavy (non-hydrogen) atoms. The van der Waals surface area contributed by atoms with Crippen LogP contribution >= 0.6 is 0 Å². The first kappa shape index (κ1) is 13.6. The lowest BCUT2D eigenvalue weighted by Gasteiger charge is -2.08. The third kappa shape index (κ3) is 2.79. The van der Waals surface area contributed by atoms with E-state index in [9.17, 15) is 4.79 Å². The van der Waals surface area contributed by atoms with Gasteiger partial charge in [-0.05, 0) is 25.5 Å². The van der Waals surface area contributed by atoms with Crippen LogP contribution in [-0.2, 0) is 18.4 Å². The molecule has 2 N–H and O–H groups in total. The number of carbonyl (C=O) groups excluding carboxylic acids is 1. The molecule has 1 amide bonds. The first-order valence-electron chi connectivity index (χ1n) is 6.65. The second-order valence-electron chi connectivity index (χ2n) is 4.70. The summed E-state index contributed by atoms with van der Waals surface area (Å²) in [4.78, 5) is 11.4. The Hall–Kier alpha value is -1.81. The topological polar surface area (TPSA) is 46.1 Å². The van der Waals surface area contributed by atoms with E-state index in [0.29, 0.717) is 19.6 Å². The number of hydrogen-bond acceptors (Lipinski definition) is 2. The van der Waals surface area contributed by atoms with Gasteiger partial charge >= 0.3 is 0 Å². The molecular formula is C15H21N3O. The van der Waals surface area contributed by atoms with Crippen molar-refractivity contribution in [2.75, 3.05) is 13.1 Å². The Bertz CT molecular complexity index is 547. The average molecular weight is 259 g/mol. The Morgan fingerprint density at radius 2 is 2.05 bits per heavy atom. The molecule has 1 aromatic carbocycles. The Morgan fingerprint density at radius 3 is 2.74 bits per heavy atom. The van der Waals surface area contributed by atoms with Crippen LogP contribution in [0.3, 0.4) is 0 Å². The third-order valence-corrected chi connectivity index (χ3v) is 3.46. The van der Waals surface area contributed by atoms with E-state index in [1.54, 1.807) is 0 Å². The molecule has 0 bridgehead atoms. The third-order valence-electron chi connectivity index (χ3n) is 3.46. The summed E-state index contributed by atoms with van der Waals surface area (Å²) in [5, 5.41) is 7.25. The van der Waals surface area contributed by atoms with Gasteiger partial charge in [0.2, 0.25) is 5.91 Å². The molecule has 0 aliphatic rings. The fraction of sp³-hybridized carbons (Fsp3) is 0.400. The van der Waals surface area contributed by atoms with E-state index in [4.69, 9.17) is 0 Å². The quantitative estimate of drug-likeness (QED) is 0.858. The lowest BCUT2D eigenvalue weighted by atomic mass is 10.1. The van der Waals surface area contributed by atoms with E-state index in [1.165, 1.54) is 22.2 Å². The molecule has 2 aromatic rings. The fourth-order valence-electron chi connectivity index (χ4n) is 2.44. The minimum absolute atomic E-state index is 0.0407. The van der Waals surface area contributed by atoms with Crippen LogP contribution in [0.2, 0.25) is 0 Å². The molecule has 0 saturated heterocycles. The van der Waals surface area contributed by atoms with Crippen molar-refractivity contribution >= 4 is 16.8 Å². The minimum atomic E-state index is 0.0407.